The number of nitrogens with zero attached hydrogens (tertiary/aromatic N) is 3. The van der Waals surface area contributed by atoms with Crippen molar-refractivity contribution in [1.82, 2.24) is 15.0 Å². The molecule has 1 aromatic rings. The summed E-state index contributed by atoms with van der Waals surface area (Å²) in [6.07, 6.45) is 0.822. The number of rotatable bonds is 6. The molecule has 1 aliphatic heterocycles. The molecule has 1 N–H and O–H groups in total. The fourth-order valence-corrected chi connectivity index (χ4v) is 2.25. The van der Waals surface area contributed by atoms with Crippen LogP contribution in [-0.2, 0) is 17.8 Å². The highest BCUT2D eigenvalue weighted by atomic mass is 16.5. The predicted octanol–water partition coefficient (Wildman–Crippen LogP) is 1.42. The molecule has 0 spiro atoms. The smallest absolute Gasteiger partial charge is 0.306 e. The number of carbonyl (C=O) groups is 1. The van der Waals surface area contributed by atoms with Gasteiger partial charge >= 0.3 is 5.97 Å². The Kier molecular flexibility index (Phi) is 4.19. The summed E-state index contributed by atoms with van der Waals surface area (Å²) >= 11 is 0. The van der Waals surface area contributed by atoms with Gasteiger partial charge in [0.2, 0.25) is 5.89 Å². The summed E-state index contributed by atoms with van der Waals surface area (Å²) in [5.41, 5.74) is 0. The lowest BCUT2D eigenvalue weighted by molar-refractivity contribution is -0.145. The van der Waals surface area contributed by atoms with Crippen LogP contribution in [0.2, 0.25) is 0 Å². The van der Waals surface area contributed by atoms with E-state index in [9.17, 15) is 4.79 Å². The summed E-state index contributed by atoms with van der Waals surface area (Å²) < 4.78 is 5.20. The molecule has 0 amide bonds. The van der Waals surface area contributed by atoms with E-state index in [1.165, 1.54) is 0 Å². The molecule has 1 aromatic heterocycles. The number of carboxylic acids is 1. The maximum atomic E-state index is 10.8. The SMILES string of the molecule is CC(C)Cc1noc(CN2CC(C(C)C(=O)O)C2)n1. The van der Waals surface area contributed by atoms with E-state index in [1.807, 2.05) is 0 Å². The highest BCUT2D eigenvalue weighted by Crippen LogP contribution is 2.25. The first-order chi connectivity index (χ1) is 8.95. The average Bonchev–Trinajstić information content (AvgIpc) is 2.68. The largest absolute Gasteiger partial charge is 0.481 e. The summed E-state index contributed by atoms with van der Waals surface area (Å²) in [5, 5.41) is 12.9. The topological polar surface area (TPSA) is 79.5 Å². The van der Waals surface area contributed by atoms with Crippen LogP contribution in [0.4, 0.5) is 0 Å². The van der Waals surface area contributed by atoms with Crippen molar-refractivity contribution < 1.29 is 14.4 Å². The standard InChI is InChI=1S/C13H21N3O3/c1-8(2)4-11-14-12(19-15-11)7-16-5-10(6-16)9(3)13(17)18/h8-10H,4-7H2,1-3H3,(H,17,18). The highest BCUT2D eigenvalue weighted by molar-refractivity contribution is 5.70. The lowest BCUT2D eigenvalue weighted by Gasteiger charge is -2.40. The molecule has 106 valence electrons. The molecule has 0 saturated carbocycles. The van der Waals surface area contributed by atoms with E-state index in [1.54, 1.807) is 6.92 Å². The predicted molar refractivity (Wildman–Crippen MR) is 68.4 cm³/mol. The Balaban J connectivity index is 1.78. The molecular weight excluding hydrogens is 246 g/mol. The highest BCUT2D eigenvalue weighted by Gasteiger charge is 2.35. The van der Waals surface area contributed by atoms with Crippen LogP contribution in [0, 0.1) is 17.8 Å². The molecule has 1 aliphatic rings. The van der Waals surface area contributed by atoms with Gasteiger partial charge in [-0.25, -0.2) is 0 Å². The number of aliphatic carboxylic acids is 1. The van der Waals surface area contributed by atoms with Crippen LogP contribution in [0.25, 0.3) is 0 Å². The Morgan fingerprint density at radius 2 is 2.16 bits per heavy atom. The molecule has 1 atom stereocenters. The first kappa shape index (κ1) is 14.0. The fraction of sp³-hybridized carbons (Fsp3) is 0.769. The van der Waals surface area contributed by atoms with Crippen LogP contribution in [0.1, 0.15) is 32.5 Å². The van der Waals surface area contributed by atoms with Gasteiger partial charge in [-0.05, 0) is 11.8 Å². The second-order valence-electron chi connectivity index (χ2n) is 5.78. The van der Waals surface area contributed by atoms with Crippen molar-refractivity contribution >= 4 is 5.97 Å². The molecule has 0 radical (unpaired) electrons. The molecule has 1 saturated heterocycles. The Morgan fingerprint density at radius 1 is 1.47 bits per heavy atom. The Morgan fingerprint density at radius 3 is 2.74 bits per heavy atom. The lowest BCUT2D eigenvalue weighted by atomic mass is 9.87. The van der Waals surface area contributed by atoms with Gasteiger partial charge in [0.15, 0.2) is 5.82 Å². The Labute approximate surface area is 112 Å². The van der Waals surface area contributed by atoms with Gasteiger partial charge in [-0.3, -0.25) is 9.69 Å². The van der Waals surface area contributed by atoms with Crippen LogP contribution < -0.4 is 0 Å². The molecule has 1 fully saturated rings. The van der Waals surface area contributed by atoms with Crippen LogP contribution in [0.3, 0.4) is 0 Å². The van der Waals surface area contributed by atoms with Gasteiger partial charge in [0.25, 0.3) is 0 Å². The first-order valence-corrected chi connectivity index (χ1v) is 6.72. The van der Waals surface area contributed by atoms with E-state index in [-0.39, 0.29) is 11.8 Å². The zero-order chi connectivity index (χ0) is 14.0. The normalized spacial score (nSPS) is 18.5. The van der Waals surface area contributed by atoms with Gasteiger partial charge in [-0.2, -0.15) is 4.98 Å². The van der Waals surface area contributed by atoms with Crippen molar-refractivity contribution in [2.24, 2.45) is 17.8 Å². The number of carboxylic acid groups (broad SMARTS) is 1. The van der Waals surface area contributed by atoms with Gasteiger partial charge in [0.1, 0.15) is 0 Å². The zero-order valence-electron chi connectivity index (χ0n) is 11.7. The molecule has 6 nitrogen and oxygen atoms in total. The summed E-state index contributed by atoms with van der Waals surface area (Å²) in [7, 11) is 0. The van der Waals surface area contributed by atoms with Crippen LogP contribution in [-0.4, -0.2) is 39.2 Å². The van der Waals surface area contributed by atoms with E-state index in [0.717, 1.165) is 25.3 Å². The Hall–Kier alpha value is -1.43. The van der Waals surface area contributed by atoms with Gasteiger partial charge in [-0.15, -0.1) is 0 Å². The number of aromatic nitrogens is 2. The summed E-state index contributed by atoms with van der Waals surface area (Å²) in [6.45, 7) is 8.18. The van der Waals surface area contributed by atoms with Gasteiger partial charge in [-0.1, -0.05) is 25.9 Å². The number of hydrogen-bond acceptors (Lipinski definition) is 5. The van der Waals surface area contributed by atoms with Crippen LogP contribution in [0.15, 0.2) is 4.52 Å². The second-order valence-corrected chi connectivity index (χ2v) is 5.78. The van der Waals surface area contributed by atoms with Gasteiger partial charge in [0.05, 0.1) is 12.5 Å². The third-order valence-electron chi connectivity index (χ3n) is 3.54. The van der Waals surface area contributed by atoms with Crippen molar-refractivity contribution in [3.05, 3.63) is 11.7 Å². The van der Waals surface area contributed by atoms with Crippen molar-refractivity contribution in [2.75, 3.05) is 13.1 Å². The molecular formula is C13H21N3O3. The third-order valence-corrected chi connectivity index (χ3v) is 3.54. The summed E-state index contributed by atoms with van der Waals surface area (Å²) in [4.78, 5) is 17.3. The van der Waals surface area contributed by atoms with Crippen molar-refractivity contribution in [3.8, 4) is 0 Å². The van der Waals surface area contributed by atoms with E-state index < -0.39 is 5.97 Å². The molecule has 2 rings (SSSR count). The van der Waals surface area contributed by atoms with E-state index in [4.69, 9.17) is 9.63 Å². The zero-order valence-corrected chi connectivity index (χ0v) is 11.7. The van der Waals surface area contributed by atoms with Crippen molar-refractivity contribution in [3.63, 3.8) is 0 Å². The minimum atomic E-state index is -0.721. The molecule has 0 aromatic carbocycles. The van der Waals surface area contributed by atoms with Gasteiger partial charge in [0, 0.05) is 19.5 Å². The van der Waals surface area contributed by atoms with E-state index in [0.29, 0.717) is 18.4 Å². The monoisotopic (exact) mass is 267 g/mol. The molecule has 2 heterocycles. The number of hydrogen-bond donors (Lipinski definition) is 1. The molecule has 19 heavy (non-hydrogen) atoms. The average molecular weight is 267 g/mol. The van der Waals surface area contributed by atoms with E-state index in [2.05, 4.69) is 28.9 Å². The maximum absolute atomic E-state index is 10.8. The Bertz CT molecular complexity index is 438. The molecule has 1 unspecified atom stereocenters. The quantitative estimate of drug-likeness (QED) is 0.839. The van der Waals surface area contributed by atoms with Crippen LogP contribution >= 0.6 is 0 Å². The minimum Gasteiger partial charge on any atom is -0.481 e. The van der Waals surface area contributed by atoms with Crippen molar-refractivity contribution in [1.29, 1.82) is 0 Å². The molecule has 0 aliphatic carbocycles. The summed E-state index contributed by atoms with van der Waals surface area (Å²) in [6, 6.07) is 0. The third kappa shape index (κ3) is 3.53. The maximum Gasteiger partial charge on any atom is 0.306 e. The molecule has 0 bridgehead atoms. The van der Waals surface area contributed by atoms with Crippen LogP contribution in [0.5, 0.6) is 0 Å². The first-order valence-electron chi connectivity index (χ1n) is 6.72. The number of likely N-dealkylation sites (tertiary alicyclic amines) is 1. The summed E-state index contributed by atoms with van der Waals surface area (Å²) in [5.74, 6) is 1.11. The van der Waals surface area contributed by atoms with Gasteiger partial charge < -0.3 is 9.63 Å². The minimum absolute atomic E-state index is 0.232. The molecule has 6 heteroatoms. The lowest BCUT2D eigenvalue weighted by Crippen LogP contribution is -2.50. The van der Waals surface area contributed by atoms with Crippen molar-refractivity contribution in [2.45, 2.75) is 33.7 Å². The second kappa shape index (κ2) is 5.69. The van der Waals surface area contributed by atoms with E-state index >= 15 is 0 Å². The fourth-order valence-electron chi connectivity index (χ4n) is 2.25.